The highest BCUT2D eigenvalue weighted by Gasteiger charge is 2.35. The van der Waals surface area contributed by atoms with E-state index in [2.05, 4.69) is 5.32 Å². The van der Waals surface area contributed by atoms with Crippen LogP contribution in [0.2, 0.25) is 0 Å². The molecule has 28 heavy (non-hydrogen) atoms. The molecular formula is C21H24N2O4S. The van der Waals surface area contributed by atoms with Gasteiger partial charge in [-0.05, 0) is 31.9 Å². The molecule has 1 aliphatic heterocycles. The highest BCUT2D eigenvalue weighted by atomic mass is 32.1. The molecule has 7 heteroatoms. The number of hydrogen-bond acceptors (Lipinski definition) is 5. The van der Waals surface area contributed by atoms with Crippen molar-refractivity contribution in [1.29, 1.82) is 0 Å². The molecule has 2 heterocycles. The van der Waals surface area contributed by atoms with E-state index in [0.29, 0.717) is 23.7 Å². The van der Waals surface area contributed by atoms with Gasteiger partial charge in [-0.1, -0.05) is 30.3 Å². The summed E-state index contributed by atoms with van der Waals surface area (Å²) in [4.78, 5) is 40.1. The van der Waals surface area contributed by atoms with Crippen LogP contribution < -0.4 is 5.32 Å². The van der Waals surface area contributed by atoms with Crippen molar-refractivity contribution in [2.75, 3.05) is 18.5 Å². The molecule has 0 spiro atoms. The number of amides is 2. The first-order chi connectivity index (χ1) is 13.4. The van der Waals surface area contributed by atoms with Gasteiger partial charge >= 0.3 is 5.97 Å². The van der Waals surface area contributed by atoms with Crippen LogP contribution in [0.5, 0.6) is 0 Å². The number of anilines is 1. The van der Waals surface area contributed by atoms with Gasteiger partial charge in [0, 0.05) is 24.4 Å². The molecule has 1 fully saturated rings. The summed E-state index contributed by atoms with van der Waals surface area (Å²) in [7, 11) is 0. The van der Waals surface area contributed by atoms with Gasteiger partial charge in [-0.15, -0.1) is 11.3 Å². The molecule has 1 atom stereocenters. The number of aryl methyl sites for hydroxylation is 1. The Kier molecular flexibility index (Phi) is 6.14. The average molecular weight is 401 g/mol. The molecule has 0 bridgehead atoms. The molecule has 1 aromatic heterocycles. The third-order valence-corrected chi connectivity index (χ3v) is 6.03. The summed E-state index contributed by atoms with van der Waals surface area (Å²) in [6.45, 7) is 6.63. The molecule has 1 saturated heterocycles. The van der Waals surface area contributed by atoms with E-state index in [9.17, 15) is 14.4 Å². The predicted octanol–water partition coefficient (Wildman–Crippen LogP) is 3.53. The van der Waals surface area contributed by atoms with Crippen molar-refractivity contribution in [3.8, 4) is 0 Å². The zero-order valence-corrected chi connectivity index (χ0v) is 17.1. The van der Waals surface area contributed by atoms with Crippen molar-refractivity contribution >= 4 is 34.1 Å². The molecule has 0 aliphatic carbocycles. The summed E-state index contributed by atoms with van der Waals surface area (Å²) >= 11 is 1.36. The van der Waals surface area contributed by atoms with E-state index in [1.807, 2.05) is 44.2 Å². The SMILES string of the molecule is CCOC(=O)c1c(NC(=O)C2CC(=O)N(Cc3ccccc3)C2)sc(C)c1C. The fraction of sp³-hybridized carbons (Fsp3) is 0.381. The summed E-state index contributed by atoms with van der Waals surface area (Å²) in [5.41, 5.74) is 2.25. The lowest BCUT2D eigenvalue weighted by Crippen LogP contribution is -2.28. The van der Waals surface area contributed by atoms with Crippen LogP contribution in [-0.2, 0) is 20.9 Å². The summed E-state index contributed by atoms with van der Waals surface area (Å²) in [5.74, 6) is -1.15. The number of hydrogen-bond donors (Lipinski definition) is 1. The van der Waals surface area contributed by atoms with Crippen LogP contribution in [0.3, 0.4) is 0 Å². The van der Waals surface area contributed by atoms with Gasteiger partial charge in [0.15, 0.2) is 0 Å². The fourth-order valence-corrected chi connectivity index (χ4v) is 4.33. The molecule has 2 aromatic rings. The van der Waals surface area contributed by atoms with Gasteiger partial charge < -0.3 is 15.0 Å². The quantitative estimate of drug-likeness (QED) is 0.753. The van der Waals surface area contributed by atoms with Crippen LogP contribution in [-0.4, -0.2) is 35.8 Å². The Hall–Kier alpha value is -2.67. The largest absolute Gasteiger partial charge is 0.462 e. The zero-order valence-electron chi connectivity index (χ0n) is 16.3. The molecular weight excluding hydrogens is 376 g/mol. The molecule has 1 unspecified atom stereocenters. The Morgan fingerprint density at radius 3 is 2.64 bits per heavy atom. The Morgan fingerprint density at radius 2 is 1.96 bits per heavy atom. The first-order valence-corrected chi connectivity index (χ1v) is 10.1. The molecule has 2 amide bonds. The van der Waals surface area contributed by atoms with Gasteiger partial charge in [-0.2, -0.15) is 0 Å². The van der Waals surface area contributed by atoms with Gasteiger partial charge in [0.2, 0.25) is 11.8 Å². The summed E-state index contributed by atoms with van der Waals surface area (Å²) in [6, 6.07) is 9.71. The van der Waals surface area contributed by atoms with E-state index >= 15 is 0 Å². The second kappa shape index (κ2) is 8.56. The standard InChI is InChI=1S/C21H24N2O4S/c1-4-27-21(26)18-13(2)14(3)28-20(18)22-19(25)16-10-17(24)23(12-16)11-15-8-6-5-7-9-15/h5-9,16H,4,10-12H2,1-3H3,(H,22,25). The number of nitrogens with one attached hydrogen (secondary N) is 1. The number of esters is 1. The van der Waals surface area contributed by atoms with Gasteiger partial charge in [-0.3, -0.25) is 9.59 Å². The van der Waals surface area contributed by atoms with Gasteiger partial charge in [-0.25, -0.2) is 4.79 Å². The third-order valence-electron chi connectivity index (χ3n) is 4.90. The minimum Gasteiger partial charge on any atom is -0.462 e. The van der Waals surface area contributed by atoms with Gasteiger partial charge in [0.1, 0.15) is 5.00 Å². The summed E-state index contributed by atoms with van der Waals surface area (Å²) in [6.07, 6.45) is 0.177. The second-order valence-electron chi connectivity index (χ2n) is 6.86. The first kappa shape index (κ1) is 20.1. The van der Waals surface area contributed by atoms with Crippen molar-refractivity contribution in [2.24, 2.45) is 5.92 Å². The summed E-state index contributed by atoms with van der Waals surface area (Å²) < 4.78 is 5.12. The second-order valence-corrected chi connectivity index (χ2v) is 8.08. The molecule has 3 rings (SSSR count). The number of nitrogens with zero attached hydrogens (tertiary/aromatic N) is 1. The lowest BCUT2D eigenvalue weighted by molar-refractivity contribution is -0.128. The van der Waals surface area contributed by atoms with Crippen molar-refractivity contribution in [1.82, 2.24) is 4.90 Å². The van der Waals surface area contributed by atoms with Crippen molar-refractivity contribution in [2.45, 2.75) is 33.7 Å². The van der Waals surface area contributed by atoms with E-state index < -0.39 is 11.9 Å². The van der Waals surface area contributed by atoms with Crippen molar-refractivity contribution in [3.63, 3.8) is 0 Å². The van der Waals surface area contributed by atoms with Crippen LogP contribution in [0.1, 0.15) is 39.7 Å². The Labute approximate surface area is 168 Å². The van der Waals surface area contributed by atoms with Crippen LogP contribution in [0.15, 0.2) is 30.3 Å². The van der Waals surface area contributed by atoms with Crippen LogP contribution >= 0.6 is 11.3 Å². The molecule has 0 radical (unpaired) electrons. The normalized spacial score (nSPS) is 16.3. The van der Waals surface area contributed by atoms with Gasteiger partial charge in [0.05, 0.1) is 18.1 Å². The molecule has 0 saturated carbocycles. The lowest BCUT2D eigenvalue weighted by atomic mass is 10.1. The first-order valence-electron chi connectivity index (χ1n) is 9.30. The third kappa shape index (κ3) is 4.25. The topological polar surface area (TPSA) is 75.7 Å². The monoisotopic (exact) mass is 400 g/mol. The number of benzene rings is 1. The lowest BCUT2D eigenvalue weighted by Gasteiger charge is -2.16. The Morgan fingerprint density at radius 1 is 1.25 bits per heavy atom. The number of carbonyl (C=O) groups is 3. The number of rotatable bonds is 6. The van der Waals surface area contributed by atoms with Crippen LogP contribution in [0.25, 0.3) is 0 Å². The Balaban J connectivity index is 1.70. The molecule has 148 valence electrons. The van der Waals surface area contributed by atoms with E-state index in [1.54, 1.807) is 11.8 Å². The Bertz CT molecular complexity index is 891. The zero-order chi connectivity index (χ0) is 20.3. The van der Waals surface area contributed by atoms with E-state index in [4.69, 9.17) is 4.74 Å². The highest BCUT2D eigenvalue weighted by Crippen LogP contribution is 2.34. The van der Waals surface area contributed by atoms with Crippen molar-refractivity contribution < 1.29 is 19.1 Å². The smallest absolute Gasteiger partial charge is 0.341 e. The maximum absolute atomic E-state index is 12.8. The van der Waals surface area contributed by atoms with Gasteiger partial charge in [0.25, 0.3) is 0 Å². The van der Waals surface area contributed by atoms with E-state index in [0.717, 1.165) is 16.0 Å². The number of likely N-dealkylation sites (tertiary alicyclic amines) is 1. The van der Waals surface area contributed by atoms with Crippen molar-refractivity contribution in [3.05, 3.63) is 51.9 Å². The maximum Gasteiger partial charge on any atom is 0.341 e. The minimum atomic E-state index is -0.437. The summed E-state index contributed by atoms with van der Waals surface area (Å²) in [5, 5.41) is 3.35. The van der Waals surface area contributed by atoms with E-state index in [-0.39, 0.29) is 24.8 Å². The van der Waals surface area contributed by atoms with Crippen LogP contribution in [0.4, 0.5) is 5.00 Å². The molecule has 1 aliphatic rings. The van der Waals surface area contributed by atoms with Crippen LogP contribution in [0, 0.1) is 19.8 Å². The maximum atomic E-state index is 12.8. The predicted molar refractivity (Wildman–Crippen MR) is 108 cm³/mol. The minimum absolute atomic E-state index is 0.0341. The van der Waals surface area contributed by atoms with E-state index in [1.165, 1.54) is 11.3 Å². The molecule has 6 nitrogen and oxygen atoms in total. The molecule has 1 aromatic carbocycles. The number of carbonyl (C=O) groups excluding carboxylic acids is 3. The molecule has 1 N–H and O–H groups in total. The fourth-order valence-electron chi connectivity index (χ4n) is 3.28. The average Bonchev–Trinajstić information content (AvgIpc) is 3.16. The number of thiophene rings is 1. The highest BCUT2D eigenvalue weighted by molar-refractivity contribution is 7.16. The number of ether oxygens (including phenoxy) is 1.